The van der Waals surface area contributed by atoms with Crippen molar-refractivity contribution in [2.75, 3.05) is 27.4 Å². The molecule has 20 nitrogen and oxygen atoms in total. The summed E-state index contributed by atoms with van der Waals surface area (Å²) in [4.78, 5) is 10.8. The highest BCUT2D eigenvalue weighted by Crippen LogP contribution is 2.46. The Morgan fingerprint density at radius 3 is 1.27 bits per heavy atom. The molecule has 8 fully saturated rings. The lowest BCUT2D eigenvalue weighted by molar-refractivity contribution is -0.390. The van der Waals surface area contributed by atoms with Crippen LogP contribution in [0.2, 0.25) is 13.1 Å². The molecule has 8 saturated heterocycles. The van der Waals surface area contributed by atoms with E-state index in [0.29, 0.717) is 19.8 Å². The van der Waals surface area contributed by atoms with Gasteiger partial charge in [-0.25, -0.2) is 8.78 Å². The van der Waals surface area contributed by atoms with Crippen LogP contribution in [-0.2, 0) is 107 Å². The lowest BCUT2D eigenvalue weighted by Gasteiger charge is -2.52. The van der Waals surface area contributed by atoms with E-state index < -0.39 is 114 Å². The Hall–Kier alpha value is -4.29. The third-order valence-corrected chi connectivity index (χ3v) is 25.0. The van der Waals surface area contributed by atoms with E-state index >= 15 is 4.39 Å². The normalized spacial score (nSPS) is 40.4. The second-order valence-corrected chi connectivity index (χ2v) is 34.0. The van der Waals surface area contributed by atoms with Crippen molar-refractivity contribution < 1.29 is 103 Å². The first-order valence-corrected chi connectivity index (χ1v) is 41.8. The van der Waals surface area contributed by atoms with Crippen LogP contribution in [0, 0.1) is 53.3 Å². The molecule has 32 atom stereocenters. The van der Waals surface area contributed by atoms with Crippen molar-refractivity contribution in [3.8, 4) is 0 Å². The number of benzene rings is 4. The van der Waals surface area contributed by atoms with E-state index in [1.54, 1.807) is 14.2 Å². The van der Waals surface area contributed by atoms with E-state index in [0.717, 1.165) is 47.9 Å². The average molecular weight is 1510 g/mol. The van der Waals surface area contributed by atoms with Gasteiger partial charge < -0.3 is 89.4 Å². The van der Waals surface area contributed by atoms with Crippen molar-refractivity contribution >= 4 is 14.5 Å². The molecule has 0 aromatic heterocycles. The van der Waals surface area contributed by atoms with Crippen LogP contribution in [-0.4, -0.2) is 171 Å². The number of esters is 1. The van der Waals surface area contributed by atoms with Crippen molar-refractivity contribution in [1.29, 1.82) is 0 Å². The summed E-state index contributed by atoms with van der Waals surface area (Å²) in [5.74, 6) is 0.286. The number of ether oxygens (including phenoxy) is 17. The maximum absolute atomic E-state index is 15.3. The predicted molar refractivity (Wildman–Crippen MR) is 394 cm³/mol. The Balaban J connectivity index is 0.000000191. The number of alkyl halides is 2. The Kier molecular flexibility index (Phi) is 31.2. The molecule has 0 bridgehead atoms. The highest BCUT2D eigenvalue weighted by atomic mass is 28.4. The van der Waals surface area contributed by atoms with Crippen LogP contribution >= 0.6 is 0 Å². The quantitative estimate of drug-likeness (QED) is 0.0502. The molecule has 4 aromatic carbocycles. The smallest absolute Gasteiger partial charge is 0.332 e. The Labute approximate surface area is 629 Å². The molecule has 0 spiro atoms. The number of fused-ring (bicyclic) bond motifs is 2. The number of halogens is 2. The zero-order valence-electron chi connectivity index (χ0n) is 65.6. The summed E-state index contributed by atoms with van der Waals surface area (Å²) < 4.78 is 149. The summed E-state index contributed by atoms with van der Waals surface area (Å²) in [7, 11) is 0.221. The van der Waals surface area contributed by atoms with Gasteiger partial charge in [-0.2, -0.15) is 0 Å². The summed E-state index contributed by atoms with van der Waals surface area (Å²) in [6.07, 6.45) is -8.80. The molecule has 12 rings (SSSR count). The summed E-state index contributed by atoms with van der Waals surface area (Å²) in [6, 6.07) is 40.0. The van der Waals surface area contributed by atoms with Gasteiger partial charge in [-0.3, -0.25) is 4.79 Å². The molecule has 0 amide bonds. The van der Waals surface area contributed by atoms with Gasteiger partial charge in [0.2, 0.25) is 12.7 Å². The standard InChI is InChI=1S/C40H58O9.C32H45FO8Si.C11H19FO3/c1-9-30-23(3)24(4)35(48-38-26(6)33(25(5)31(10-2)44-38)42-21-28-17-13-11-14-18-28)40(45-30)47-34-27(7)37(41-8)46-32-22-43-39(49-36(32)34)29-19-15-12-16-20-29;1-7-24-20(2)21(3)26(30(33)37-24)40-42(5,6)41-28-27-25(19-36-31(39-27)23-16-12-9-13-17-23)38-32(34-4)29(28)35-18-22-14-10-8-11-15-22;1-5-9-6(2)7(3)10(11(12)15-9)14-8(4)13/h11-20,23-27,30-40H,9-10,21-22H2,1-8H3;8-17,20-21,24-32H,7,18-19H2,1-6H3;6-7,9-11H,5H2,1-4H3/t23-,24-,25+,26?,27?,30?,31?,32?,33-,34+,35?,36+,37-,38+,39?,40+;20-,21-,24?,25?,26?,27+,28-,29?,30+,31?,32-;6-,7-,9?,10?,11-/m000/s1. The number of carbonyl (C=O) groups is 1. The largest absolute Gasteiger partial charge is 0.457 e. The molecule has 4 aromatic rings. The number of hydrogen-bond donors (Lipinski definition) is 0. The second kappa shape index (κ2) is 39.3. The van der Waals surface area contributed by atoms with E-state index in [1.807, 2.05) is 145 Å². The second-order valence-electron chi connectivity index (χ2n) is 30.8. The van der Waals surface area contributed by atoms with Crippen LogP contribution < -0.4 is 0 Å². The topological polar surface area (TPSA) is 192 Å². The van der Waals surface area contributed by atoms with Gasteiger partial charge in [0.15, 0.2) is 43.8 Å². The minimum Gasteiger partial charge on any atom is -0.457 e. The van der Waals surface area contributed by atoms with Gasteiger partial charge in [-0.15, -0.1) is 0 Å². The Bertz CT molecular complexity index is 3210. The monoisotopic (exact) mass is 1500 g/mol. The minimum atomic E-state index is -3.03. The molecule has 0 N–H and O–H groups in total. The minimum absolute atomic E-state index is 0.00580. The molecule has 0 aliphatic carbocycles. The lowest BCUT2D eigenvalue weighted by Crippen LogP contribution is -2.66. The molecule has 8 heterocycles. The molecular formula is C83H122F2O20Si. The SMILES string of the molecule is CCC1O[C@@H](F)C(O[Si](C)(C)O[C@@H]2C(OCc3ccccc3)[C@@H](OC)OC3COC(c4ccccc4)O[C@H]32)[C@@H](C)[C@@H]1C.CCC1O[C@H](F)C(OC(C)=O)[C@@H](C)[C@@H]1C.CCC1O[C@H](O[C@@H]2C(C)[C@@H](OC)OC3COC(c4ccccc4)O[C@H]32)C(O[C@H]2OC(CC)[C@@H](C)[C@H](OCc3ccccc3)C2C)[C@@H](C)[C@@H]1C. The van der Waals surface area contributed by atoms with Gasteiger partial charge in [0.05, 0.1) is 63.1 Å². The van der Waals surface area contributed by atoms with Crippen molar-refractivity contribution in [3.63, 3.8) is 0 Å². The van der Waals surface area contributed by atoms with E-state index in [1.165, 1.54) is 6.92 Å². The predicted octanol–water partition coefficient (Wildman–Crippen LogP) is 15.5. The van der Waals surface area contributed by atoms with Crippen molar-refractivity contribution in [3.05, 3.63) is 144 Å². The van der Waals surface area contributed by atoms with Crippen LogP contribution in [0.1, 0.15) is 157 Å². The van der Waals surface area contributed by atoms with E-state index in [9.17, 15) is 9.18 Å². The number of hydrogen-bond acceptors (Lipinski definition) is 20. The van der Waals surface area contributed by atoms with Crippen molar-refractivity contribution in [1.82, 2.24) is 0 Å². The van der Waals surface area contributed by atoms with Crippen LogP contribution in [0.5, 0.6) is 0 Å². The number of rotatable bonds is 23. The van der Waals surface area contributed by atoms with Crippen LogP contribution in [0.15, 0.2) is 121 Å². The third kappa shape index (κ3) is 20.5. The molecular weight excluding hydrogens is 1380 g/mol. The molecule has 8 aliphatic rings. The first kappa shape index (κ1) is 84.2. The maximum atomic E-state index is 15.3. The fraction of sp³-hybridized carbons (Fsp3) is 0.699. The highest BCUT2D eigenvalue weighted by Gasteiger charge is 2.57. The van der Waals surface area contributed by atoms with Crippen molar-refractivity contribution in [2.24, 2.45) is 53.3 Å². The molecule has 14 unspecified atom stereocenters. The average Bonchev–Trinajstić information content (AvgIpc) is 0.767. The summed E-state index contributed by atoms with van der Waals surface area (Å²) in [5, 5.41) is 0. The molecule has 0 saturated carbocycles. The first-order chi connectivity index (χ1) is 50.9. The van der Waals surface area contributed by atoms with E-state index in [4.69, 9.17) is 89.4 Å². The van der Waals surface area contributed by atoms with E-state index in [2.05, 4.69) is 79.7 Å². The molecule has 8 aliphatic heterocycles. The zero-order valence-corrected chi connectivity index (χ0v) is 66.6. The van der Waals surface area contributed by atoms with Gasteiger partial charge in [-0.05, 0) is 79.5 Å². The van der Waals surface area contributed by atoms with Gasteiger partial charge in [-0.1, -0.05) is 211 Å². The van der Waals surface area contributed by atoms with Gasteiger partial charge in [0, 0.05) is 55.9 Å². The number of carbonyl (C=O) groups excluding carboxylic acids is 1. The Morgan fingerprint density at radius 1 is 0.406 bits per heavy atom. The van der Waals surface area contributed by atoms with E-state index in [-0.39, 0.29) is 103 Å². The lowest BCUT2D eigenvalue weighted by atomic mass is 9.81. The van der Waals surface area contributed by atoms with Crippen LogP contribution in [0.4, 0.5) is 8.78 Å². The first-order valence-electron chi connectivity index (χ1n) is 39.0. The molecule has 106 heavy (non-hydrogen) atoms. The van der Waals surface area contributed by atoms with Crippen molar-refractivity contribution in [2.45, 2.75) is 291 Å². The Morgan fingerprint density at radius 2 is 0.792 bits per heavy atom. The molecule has 592 valence electrons. The summed E-state index contributed by atoms with van der Waals surface area (Å²) >= 11 is 0. The summed E-state index contributed by atoms with van der Waals surface area (Å²) in [5.41, 5.74) is 4.01. The highest BCUT2D eigenvalue weighted by molar-refractivity contribution is 6.64. The number of methoxy groups -OCH3 is 2. The van der Waals surface area contributed by atoms with Gasteiger partial charge >= 0.3 is 14.5 Å². The third-order valence-electron chi connectivity index (χ3n) is 23.3. The fourth-order valence-electron chi connectivity index (χ4n) is 16.5. The molecule has 23 heteroatoms. The fourth-order valence-corrected chi connectivity index (χ4v) is 18.4. The zero-order chi connectivity index (χ0) is 76.1. The summed E-state index contributed by atoms with van der Waals surface area (Å²) in [6.45, 7) is 34.0. The van der Waals surface area contributed by atoms with Crippen LogP contribution in [0.3, 0.4) is 0 Å². The van der Waals surface area contributed by atoms with Gasteiger partial charge in [0.1, 0.15) is 48.8 Å². The molecule has 0 radical (unpaired) electrons. The van der Waals surface area contributed by atoms with Crippen LogP contribution in [0.25, 0.3) is 0 Å². The van der Waals surface area contributed by atoms with Gasteiger partial charge in [0.25, 0.3) is 0 Å². The maximum Gasteiger partial charge on any atom is 0.332 e.